The first-order valence-electron chi connectivity index (χ1n) is 6.49. The molecule has 0 bridgehead atoms. The van der Waals surface area contributed by atoms with E-state index < -0.39 is 11.9 Å². The number of aliphatic carboxylic acids is 1. The molecule has 0 spiro atoms. The van der Waals surface area contributed by atoms with Gasteiger partial charge < -0.3 is 10.0 Å². The number of rotatable bonds is 5. The predicted molar refractivity (Wildman–Crippen MR) is 75.2 cm³/mol. The number of carboxylic acids is 1. The molecule has 0 saturated carbocycles. The van der Waals surface area contributed by atoms with E-state index in [1.165, 1.54) is 15.8 Å². The molecule has 21 heavy (non-hydrogen) atoms. The summed E-state index contributed by atoms with van der Waals surface area (Å²) in [7, 11) is 0. The number of nitrogens with zero attached hydrogens (tertiary/aromatic N) is 4. The zero-order chi connectivity index (χ0) is 15.4. The van der Waals surface area contributed by atoms with Crippen LogP contribution in [0.2, 0.25) is 0 Å². The minimum Gasteiger partial charge on any atom is -0.480 e. The fourth-order valence-electron chi connectivity index (χ4n) is 1.85. The third kappa shape index (κ3) is 3.44. The van der Waals surface area contributed by atoms with Gasteiger partial charge in [-0.3, -0.25) is 9.59 Å². The van der Waals surface area contributed by atoms with E-state index in [9.17, 15) is 9.59 Å². The third-order valence-corrected chi connectivity index (χ3v) is 2.92. The Bertz CT molecular complexity index is 637. The van der Waals surface area contributed by atoms with E-state index in [1.807, 2.05) is 30.3 Å². The fraction of sp³-hybridized carbons (Fsp3) is 0.286. The molecular weight excluding hydrogens is 272 g/mol. The average molecular weight is 288 g/mol. The van der Waals surface area contributed by atoms with Gasteiger partial charge in [0.1, 0.15) is 6.54 Å². The Kier molecular flexibility index (Phi) is 4.32. The Labute approximate surface area is 121 Å². The lowest BCUT2D eigenvalue weighted by Crippen LogP contribution is -2.40. The van der Waals surface area contributed by atoms with Crippen molar-refractivity contribution in [3.63, 3.8) is 0 Å². The Morgan fingerprint density at radius 3 is 2.52 bits per heavy atom. The Morgan fingerprint density at radius 1 is 1.29 bits per heavy atom. The number of hydrogen-bond acceptors (Lipinski definition) is 4. The van der Waals surface area contributed by atoms with Gasteiger partial charge >= 0.3 is 5.97 Å². The molecule has 0 aliphatic rings. The smallest absolute Gasteiger partial charge is 0.323 e. The minimum atomic E-state index is -1.06. The first-order valence-corrected chi connectivity index (χ1v) is 6.49. The van der Waals surface area contributed by atoms with Crippen molar-refractivity contribution >= 4 is 11.9 Å². The van der Waals surface area contributed by atoms with Crippen molar-refractivity contribution in [1.29, 1.82) is 0 Å². The standard InChI is InChI=1S/C14H16N4O3/c1-10(2)17(9-13(19)20)14(21)12-8-18(16-15-12)11-6-4-3-5-7-11/h3-8,10H,9H2,1-2H3,(H,19,20). The molecule has 1 heterocycles. The number of carbonyl (C=O) groups excluding carboxylic acids is 1. The number of benzene rings is 1. The Morgan fingerprint density at radius 2 is 1.95 bits per heavy atom. The van der Waals surface area contributed by atoms with Crippen LogP contribution in [0.5, 0.6) is 0 Å². The zero-order valence-corrected chi connectivity index (χ0v) is 11.8. The van der Waals surface area contributed by atoms with E-state index in [1.54, 1.807) is 13.8 Å². The van der Waals surface area contributed by atoms with Crippen LogP contribution < -0.4 is 0 Å². The van der Waals surface area contributed by atoms with Crippen molar-refractivity contribution in [2.24, 2.45) is 0 Å². The van der Waals surface area contributed by atoms with Crippen LogP contribution in [-0.4, -0.2) is 49.5 Å². The maximum Gasteiger partial charge on any atom is 0.323 e. The van der Waals surface area contributed by atoms with Crippen molar-refractivity contribution in [3.8, 4) is 5.69 Å². The molecule has 0 fully saturated rings. The molecule has 1 N–H and O–H groups in total. The fourth-order valence-corrected chi connectivity index (χ4v) is 1.85. The second-order valence-corrected chi connectivity index (χ2v) is 4.80. The molecule has 110 valence electrons. The van der Waals surface area contributed by atoms with Gasteiger partial charge in [0.05, 0.1) is 11.9 Å². The molecule has 0 unspecified atom stereocenters. The summed E-state index contributed by atoms with van der Waals surface area (Å²) in [5.74, 6) is -1.51. The minimum absolute atomic E-state index is 0.119. The van der Waals surface area contributed by atoms with Crippen molar-refractivity contribution in [3.05, 3.63) is 42.2 Å². The molecule has 1 aromatic heterocycles. The predicted octanol–water partition coefficient (Wildman–Crippen LogP) is 1.20. The van der Waals surface area contributed by atoms with E-state index in [0.717, 1.165) is 5.69 Å². The lowest BCUT2D eigenvalue weighted by Gasteiger charge is -2.23. The summed E-state index contributed by atoms with van der Waals surface area (Å²) in [6.07, 6.45) is 1.49. The van der Waals surface area contributed by atoms with Crippen LogP contribution in [0.3, 0.4) is 0 Å². The summed E-state index contributed by atoms with van der Waals surface area (Å²) >= 11 is 0. The van der Waals surface area contributed by atoms with Crippen LogP contribution in [0.4, 0.5) is 0 Å². The van der Waals surface area contributed by atoms with Gasteiger partial charge in [-0.05, 0) is 26.0 Å². The van der Waals surface area contributed by atoms with E-state index >= 15 is 0 Å². The molecule has 1 amide bonds. The molecule has 2 rings (SSSR count). The van der Waals surface area contributed by atoms with Crippen molar-refractivity contribution in [2.45, 2.75) is 19.9 Å². The molecule has 1 aromatic carbocycles. The molecule has 0 saturated heterocycles. The topological polar surface area (TPSA) is 88.3 Å². The van der Waals surface area contributed by atoms with E-state index in [2.05, 4.69) is 10.3 Å². The van der Waals surface area contributed by atoms with E-state index in [0.29, 0.717) is 0 Å². The lowest BCUT2D eigenvalue weighted by molar-refractivity contribution is -0.138. The van der Waals surface area contributed by atoms with Crippen LogP contribution in [0.15, 0.2) is 36.5 Å². The van der Waals surface area contributed by atoms with Crippen molar-refractivity contribution < 1.29 is 14.7 Å². The highest BCUT2D eigenvalue weighted by Crippen LogP contribution is 2.09. The maximum absolute atomic E-state index is 12.3. The third-order valence-electron chi connectivity index (χ3n) is 2.92. The summed E-state index contributed by atoms with van der Waals surface area (Å²) in [6.45, 7) is 3.14. The average Bonchev–Trinajstić information content (AvgIpc) is 2.94. The van der Waals surface area contributed by atoms with Crippen molar-refractivity contribution in [1.82, 2.24) is 19.9 Å². The van der Waals surface area contributed by atoms with Crippen molar-refractivity contribution in [2.75, 3.05) is 6.54 Å². The second kappa shape index (κ2) is 6.17. The summed E-state index contributed by atoms with van der Waals surface area (Å²) in [4.78, 5) is 24.4. The zero-order valence-electron chi connectivity index (χ0n) is 11.8. The summed E-state index contributed by atoms with van der Waals surface area (Å²) in [5.41, 5.74) is 0.896. The summed E-state index contributed by atoms with van der Waals surface area (Å²) in [6, 6.07) is 9.00. The second-order valence-electron chi connectivity index (χ2n) is 4.80. The first-order chi connectivity index (χ1) is 9.99. The quantitative estimate of drug-likeness (QED) is 0.893. The van der Waals surface area contributed by atoms with Gasteiger partial charge in [0, 0.05) is 6.04 Å². The molecule has 0 atom stereocenters. The Hall–Kier alpha value is -2.70. The number of hydrogen-bond donors (Lipinski definition) is 1. The van der Waals surface area contributed by atoms with Crippen LogP contribution in [0, 0.1) is 0 Å². The number of para-hydroxylation sites is 1. The largest absolute Gasteiger partial charge is 0.480 e. The summed E-state index contributed by atoms with van der Waals surface area (Å²) in [5, 5.41) is 16.6. The number of carbonyl (C=O) groups is 2. The SMILES string of the molecule is CC(C)N(CC(=O)O)C(=O)c1cn(-c2ccccc2)nn1. The van der Waals surface area contributed by atoms with Gasteiger partial charge in [-0.2, -0.15) is 0 Å². The van der Waals surface area contributed by atoms with Crippen LogP contribution in [0.25, 0.3) is 5.69 Å². The highest BCUT2D eigenvalue weighted by Gasteiger charge is 2.23. The Balaban J connectivity index is 2.23. The molecule has 7 heteroatoms. The molecule has 0 aliphatic heterocycles. The molecular formula is C14H16N4O3. The van der Waals surface area contributed by atoms with Crippen LogP contribution in [0.1, 0.15) is 24.3 Å². The van der Waals surface area contributed by atoms with Gasteiger partial charge in [-0.1, -0.05) is 23.4 Å². The molecule has 2 aromatic rings. The molecule has 0 radical (unpaired) electrons. The van der Waals surface area contributed by atoms with Crippen LogP contribution >= 0.6 is 0 Å². The number of aromatic nitrogens is 3. The summed E-state index contributed by atoms with van der Waals surface area (Å²) < 4.78 is 1.48. The monoisotopic (exact) mass is 288 g/mol. The highest BCUT2D eigenvalue weighted by atomic mass is 16.4. The normalized spacial score (nSPS) is 10.6. The van der Waals surface area contributed by atoms with E-state index in [4.69, 9.17) is 5.11 Å². The van der Waals surface area contributed by atoms with Crippen LogP contribution in [-0.2, 0) is 4.79 Å². The molecule has 0 aliphatic carbocycles. The van der Waals surface area contributed by atoms with Gasteiger partial charge in [0.25, 0.3) is 5.91 Å². The highest BCUT2D eigenvalue weighted by molar-refractivity contribution is 5.94. The van der Waals surface area contributed by atoms with Gasteiger partial charge in [0.2, 0.25) is 0 Å². The number of amides is 1. The first kappa shape index (κ1) is 14.7. The van der Waals surface area contributed by atoms with Gasteiger partial charge in [0.15, 0.2) is 5.69 Å². The maximum atomic E-state index is 12.3. The van der Waals surface area contributed by atoms with Gasteiger partial charge in [-0.25, -0.2) is 4.68 Å². The molecule has 7 nitrogen and oxygen atoms in total. The lowest BCUT2D eigenvalue weighted by atomic mass is 10.2. The number of carboxylic acid groups (broad SMARTS) is 1. The van der Waals surface area contributed by atoms with E-state index in [-0.39, 0.29) is 18.3 Å². The van der Waals surface area contributed by atoms with Gasteiger partial charge in [-0.15, -0.1) is 5.10 Å².